The third kappa shape index (κ3) is 2.36. The van der Waals surface area contributed by atoms with Crippen LogP contribution in [0.4, 0.5) is 4.39 Å². The first-order chi connectivity index (χ1) is 7.66. The summed E-state index contributed by atoms with van der Waals surface area (Å²) in [4.78, 5) is 7.76. The smallest absolute Gasteiger partial charge is 0.236 e. The summed E-state index contributed by atoms with van der Waals surface area (Å²) < 4.78 is 19.1. The van der Waals surface area contributed by atoms with Crippen molar-refractivity contribution in [1.82, 2.24) is 9.97 Å². The molecular formula is C11H8BrFN2O. The predicted molar refractivity (Wildman–Crippen MR) is 60.9 cm³/mol. The van der Waals surface area contributed by atoms with E-state index in [1.54, 1.807) is 12.3 Å². The van der Waals surface area contributed by atoms with E-state index in [9.17, 15) is 4.39 Å². The van der Waals surface area contributed by atoms with Crippen molar-refractivity contribution in [2.45, 2.75) is 6.92 Å². The zero-order valence-corrected chi connectivity index (χ0v) is 10.0. The van der Waals surface area contributed by atoms with Gasteiger partial charge in [0.1, 0.15) is 17.9 Å². The van der Waals surface area contributed by atoms with Crippen molar-refractivity contribution in [3.8, 4) is 11.6 Å². The Bertz CT molecular complexity index is 519. The van der Waals surface area contributed by atoms with Crippen molar-refractivity contribution >= 4 is 15.9 Å². The average Bonchev–Trinajstić information content (AvgIpc) is 2.27. The summed E-state index contributed by atoms with van der Waals surface area (Å²) in [5, 5.41) is 0. The Hall–Kier alpha value is -1.49. The van der Waals surface area contributed by atoms with E-state index < -0.39 is 0 Å². The standard InChI is InChI=1S/C11H8BrFN2O/c1-7-2-3-8(13)4-10(7)16-11-9(12)5-14-6-15-11/h2-6H,1H3. The van der Waals surface area contributed by atoms with Crippen molar-refractivity contribution in [3.63, 3.8) is 0 Å². The van der Waals surface area contributed by atoms with Gasteiger partial charge in [0.05, 0.1) is 4.47 Å². The number of aromatic nitrogens is 2. The summed E-state index contributed by atoms with van der Waals surface area (Å²) >= 11 is 3.25. The van der Waals surface area contributed by atoms with E-state index in [1.165, 1.54) is 18.5 Å². The molecule has 0 saturated heterocycles. The van der Waals surface area contributed by atoms with Gasteiger partial charge in [-0.25, -0.2) is 14.4 Å². The number of hydrogen-bond acceptors (Lipinski definition) is 3. The molecule has 0 aliphatic heterocycles. The summed E-state index contributed by atoms with van der Waals surface area (Å²) in [7, 11) is 0. The fourth-order valence-corrected chi connectivity index (χ4v) is 1.47. The van der Waals surface area contributed by atoms with Gasteiger partial charge < -0.3 is 4.74 Å². The summed E-state index contributed by atoms with van der Waals surface area (Å²) in [6.07, 6.45) is 2.94. The molecule has 0 aliphatic rings. The molecule has 2 rings (SSSR count). The monoisotopic (exact) mass is 282 g/mol. The van der Waals surface area contributed by atoms with E-state index in [1.807, 2.05) is 6.92 Å². The van der Waals surface area contributed by atoms with Crippen molar-refractivity contribution in [2.75, 3.05) is 0 Å². The Kier molecular flexibility index (Phi) is 3.14. The molecule has 0 fully saturated rings. The van der Waals surface area contributed by atoms with Crippen LogP contribution >= 0.6 is 15.9 Å². The minimum atomic E-state index is -0.342. The van der Waals surface area contributed by atoms with Crippen LogP contribution in [0, 0.1) is 12.7 Å². The minimum Gasteiger partial charge on any atom is -0.437 e. The highest BCUT2D eigenvalue weighted by Crippen LogP contribution is 2.28. The number of nitrogens with zero attached hydrogens (tertiary/aromatic N) is 2. The second-order valence-electron chi connectivity index (χ2n) is 3.19. The number of hydrogen-bond donors (Lipinski definition) is 0. The Labute approximate surface area is 100 Å². The van der Waals surface area contributed by atoms with Crippen molar-refractivity contribution in [1.29, 1.82) is 0 Å². The number of halogens is 2. The van der Waals surface area contributed by atoms with Gasteiger partial charge in [-0.3, -0.25) is 0 Å². The number of aryl methyl sites for hydroxylation is 1. The summed E-state index contributed by atoms with van der Waals surface area (Å²) in [6.45, 7) is 1.84. The van der Waals surface area contributed by atoms with Gasteiger partial charge >= 0.3 is 0 Å². The lowest BCUT2D eigenvalue weighted by Gasteiger charge is -2.08. The third-order valence-electron chi connectivity index (χ3n) is 1.99. The summed E-state index contributed by atoms with van der Waals surface area (Å²) in [5.74, 6) is 0.467. The third-order valence-corrected chi connectivity index (χ3v) is 2.53. The largest absolute Gasteiger partial charge is 0.437 e. The van der Waals surface area contributed by atoms with Gasteiger partial charge in [-0.1, -0.05) is 6.07 Å². The van der Waals surface area contributed by atoms with Crippen LogP contribution in [-0.2, 0) is 0 Å². The van der Waals surface area contributed by atoms with Crippen LogP contribution in [0.15, 0.2) is 35.2 Å². The second-order valence-corrected chi connectivity index (χ2v) is 4.04. The van der Waals surface area contributed by atoms with Crippen LogP contribution in [0.1, 0.15) is 5.56 Å². The predicted octanol–water partition coefficient (Wildman–Crippen LogP) is 3.48. The molecule has 1 aromatic carbocycles. The number of benzene rings is 1. The Balaban J connectivity index is 2.34. The van der Waals surface area contributed by atoms with Crippen molar-refractivity contribution in [2.24, 2.45) is 0 Å². The van der Waals surface area contributed by atoms with Gasteiger partial charge in [-0.05, 0) is 34.5 Å². The van der Waals surface area contributed by atoms with Gasteiger partial charge in [0.25, 0.3) is 0 Å². The molecule has 0 radical (unpaired) electrons. The molecule has 1 heterocycles. The fraction of sp³-hybridized carbons (Fsp3) is 0.0909. The van der Waals surface area contributed by atoms with E-state index in [2.05, 4.69) is 25.9 Å². The van der Waals surface area contributed by atoms with Crippen molar-refractivity contribution in [3.05, 3.63) is 46.6 Å². The van der Waals surface area contributed by atoms with Gasteiger partial charge in [0.15, 0.2) is 0 Å². The lowest BCUT2D eigenvalue weighted by atomic mass is 10.2. The minimum absolute atomic E-state index is 0.342. The SMILES string of the molecule is Cc1ccc(F)cc1Oc1ncncc1Br. The molecule has 5 heteroatoms. The van der Waals surface area contributed by atoms with Gasteiger partial charge in [0.2, 0.25) is 5.88 Å². The topological polar surface area (TPSA) is 35.0 Å². The molecule has 0 atom stereocenters. The van der Waals surface area contributed by atoms with Gasteiger partial charge in [0, 0.05) is 12.3 Å². The summed E-state index contributed by atoms with van der Waals surface area (Å²) in [5.41, 5.74) is 0.840. The molecule has 0 spiro atoms. The van der Waals surface area contributed by atoms with Gasteiger partial charge in [-0.2, -0.15) is 0 Å². The Morgan fingerprint density at radius 3 is 2.94 bits per heavy atom. The average molecular weight is 283 g/mol. The van der Waals surface area contributed by atoms with E-state index in [-0.39, 0.29) is 5.82 Å². The zero-order chi connectivity index (χ0) is 11.5. The molecular weight excluding hydrogens is 275 g/mol. The first-order valence-corrected chi connectivity index (χ1v) is 5.35. The highest BCUT2D eigenvalue weighted by Gasteiger charge is 2.07. The van der Waals surface area contributed by atoms with Crippen LogP contribution in [0.5, 0.6) is 11.6 Å². The van der Waals surface area contributed by atoms with E-state index in [0.29, 0.717) is 16.1 Å². The fourth-order valence-electron chi connectivity index (χ4n) is 1.16. The van der Waals surface area contributed by atoms with Crippen LogP contribution in [0.2, 0.25) is 0 Å². The maximum absolute atomic E-state index is 13.0. The molecule has 82 valence electrons. The Morgan fingerprint density at radius 1 is 1.38 bits per heavy atom. The summed E-state index contributed by atoms with van der Waals surface area (Å²) in [6, 6.07) is 4.36. The number of rotatable bonds is 2. The molecule has 2 aromatic rings. The number of ether oxygens (including phenoxy) is 1. The highest BCUT2D eigenvalue weighted by molar-refractivity contribution is 9.10. The maximum Gasteiger partial charge on any atom is 0.236 e. The molecule has 0 amide bonds. The quantitative estimate of drug-likeness (QED) is 0.846. The zero-order valence-electron chi connectivity index (χ0n) is 8.45. The molecule has 16 heavy (non-hydrogen) atoms. The first-order valence-electron chi connectivity index (χ1n) is 4.56. The highest BCUT2D eigenvalue weighted by atomic mass is 79.9. The van der Waals surface area contributed by atoms with Crippen LogP contribution in [0.3, 0.4) is 0 Å². The van der Waals surface area contributed by atoms with Crippen LogP contribution < -0.4 is 4.74 Å². The van der Waals surface area contributed by atoms with E-state index in [0.717, 1.165) is 5.56 Å². The van der Waals surface area contributed by atoms with Crippen LogP contribution in [0.25, 0.3) is 0 Å². The van der Waals surface area contributed by atoms with Crippen LogP contribution in [-0.4, -0.2) is 9.97 Å². The lowest BCUT2D eigenvalue weighted by Crippen LogP contribution is -1.92. The Morgan fingerprint density at radius 2 is 2.19 bits per heavy atom. The normalized spacial score (nSPS) is 10.2. The molecule has 0 unspecified atom stereocenters. The van der Waals surface area contributed by atoms with E-state index in [4.69, 9.17) is 4.74 Å². The molecule has 1 aromatic heterocycles. The van der Waals surface area contributed by atoms with E-state index >= 15 is 0 Å². The lowest BCUT2D eigenvalue weighted by molar-refractivity contribution is 0.450. The maximum atomic E-state index is 13.0. The molecule has 3 nitrogen and oxygen atoms in total. The van der Waals surface area contributed by atoms with Crippen molar-refractivity contribution < 1.29 is 9.13 Å². The molecule has 0 saturated carbocycles. The second kappa shape index (κ2) is 4.57. The molecule has 0 bridgehead atoms. The molecule has 0 N–H and O–H groups in total. The first kappa shape index (κ1) is 11.0. The van der Waals surface area contributed by atoms with Gasteiger partial charge in [-0.15, -0.1) is 0 Å². The molecule has 0 aliphatic carbocycles.